The van der Waals surface area contributed by atoms with E-state index in [0.717, 1.165) is 31.2 Å². The third-order valence-electron chi connectivity index (χ3n) is 3.75. The molecule has 0 aliphatic heterocycles. The first-order valence-electron chi connectivity index (χ1n) is 7.81. The van der Waals surface area contributed by atoms with Crippen LogP contribution in [0.3, 0.4) is 0 Å². The number of urea groups is 1. The Balaban J connectivity index is 2.33. The van der Waals surface area contributed by atoms with Gasteiger partial charge in [-0.2, -0.15) is 26.3 Å². The first-order valence-corrected chi connectivity index (χ1v) is 8.60. The van der Waals surface area contributed by atoms with Crippen molar-refractivity contribution >= 4 is 22.0 Å². The lowest BCUT2D eigenvalue weighted by Crippen LogP contribution is -2.48. The van der Waals surface area contributed by atoms with E-state index in [0.29, 0.717) is 4.47 Å². The van der Waals surface area contributed by atoms with E-state index in [9.17, 15) is 31.1 Å². The van der Waals surface area contributed by atoms with Crippen LogP contribution in [0.4, 0.5) is 31.1 Å². The summed E-state index contributed by atoms with van der Waals surface area (Å²) >= 11 is 3.22. The predicted molar refractivity (Wildman–Crippen MR) is 92.4 cm³/mol. The van der Waals surface area contributed by atoms with E-state index in [2.05, 4.69) is 26.2 Å². The van der Waals surface area contributed by atoms with Crippen molar-refractivity contribution in [3.05, 3.63) is 63.9 Å². The number of hydrogen-bond acceptors (Lipinski definition) is 2. The molecule has 1 heterocycles. The van der Waals surface area contributed by atoms with Crippen LogP contribution in [-0.2, 0) is 6.18 Å². The molecule has 0 aliphatic rings. The zero-order valence-corrected chi connectivity index (χ0v) is 15.8. The lowest BCUT2D eigenvalue weighted by atomic mass is 10.0. The van der Waals surface area contributed by atoms with Crippen LogP contribution in [0, 0.1) is 0 Å². The minimum absolute atomic E-state index is 0.210. The van der Waals surface area contributed by atoms with Gasteiger partial charge in [-0.25, -0.2) is 4.79 Å². The Kier molecular flexibility index (Phi) is 6.58. The number of alkyl halides is 6. The zero-order valence-electron chi connectivity index (χ0n) is 14.2. The molecule has 2 aromatic rings. The van der Waals surface area contributed by atoms with Gasteiger partial charge in [-0.05, 0) is 52.7 Å². The number of carbonyl (C=O) groups excluding carboxylic acids is 1. The number of hydrogen-bond donors (Lipinski definition) is 2. The maximum absolute atomic E-state index is 12.8. The topological polar surface area (TPSA) is 54.0 Å². The molecule has 0 unspecified atom stereocenters. The van der Waals surface area contributed by atoms with Crippen molar-refractivity contribution in [3.63, 3.8) is 0 Å². The minimum atomic E-state index is -4.65. The lowest BCUT2D eigenvalue weighted by Gasteiger charge is -2.23. The van der Waals surface area contributed by atoms with Crippen LogP contribution < -0.4 is 10.6 Å². The van der Waals surface area contributed by atoms with Crippen molar-refractivity contribution in [2.75, 3.05) is 0 Å². The van der Waals surface area contributed by atoms with E-state index in [4.69, 9.17) is 0 Å². The third-order valence-corrected chi connectivity index (χ3v) is 4.42. The van der Waals surface area contributed by atoms with E-state index < -0.39 is 36.0 Å². The molecule has 1 aromatic carbocycles. The third kappa shape index (κ3) is 5.60. The molecule has 1 aromatic heterocycles. The van der Waals surface area contributed by atoms with Crippen molar-refractivity contribution in [3.8, 4) is 0 Å². The molecule has 0 aliphatic carbocycles. The Labute approximate surface area is 164 Å². The molecule has 2 rings (SSSR count). The Bertz CT molecular complexity index is 823. The van der Waals surface area contributed by atoms with Crippen molar-refractivity contribution in [1.82, 2.24) is 15.6 Å². The van der Waals surface area contributed by atoms with Gasteiger partial charge in [0.15, 0.2) is 0 Å². The van der Waals surface area contributed by atoms with E-state index in [1.54, 1.807) is 17.4 Å². The highest BCUT2D eigenvalue weighted by molar-refractivity contribution is 9.10. The average Bonchev–Trinajstić information content (AvgIpc) is 2.59. The predicted octanol–water partition coefficient (Wildman–Crippen LogP) is 5.20. The van der Waals surface area contributed by atoms with Crippen LogP contribution in [0.2, 0.25) is 0 Å². The van der Waals surface area contributed by atoms with Crippen LogP contribution in [0.5, 0.6) is 0 Å². The van der Waals surface area contributed by atoms with Crippen LogP contribution in [0.15, 0.2) is 47.1 Å². The monoisotopic (exact) mass is 469 g/mol. The quantitative estimate of drug-likeness (QED) is 0.604. The summed E-state index contributed by atoms with van der Waals surface area (Å²) in [6.45, 7) is 0.767. The van der Waals surface area contributed by atoms with Gasteiger partial charge in [-0.3, -0.25) is 4.98 Å². The van der Waals surface area contributed by atoms with Crippen molar-refractivity contribution in [1.29, 1.82) is 0 Å². The van der Waals surface area contributed by atoms with Gasteiger partial charge in [-0.15, -0.1) is 0 Å². The van der Waals surface area contributed by atoms with E-state index in [-0.39, 0.29) is 11.3 Å². The van der Waals surface area contributed by atoms with E-state index in [1.807, 2.05) is 0 Å². The molecule has 0 saturated carbocycles. The molecular formula is C17H14BrF6N3O. The highest BCUT2D eigenvalue weighted by Gasteiger charge is 2.37. The lowest BCUT2D eigenvalue weighted by molar-refractivity contribution is -0.148. The van der Waals surface area contributed by atoms with Crippen LogP contribution in [0.25, 0.3) is 0 Å². The summed E-state index contributed by atoms with van der Waals surface area (Å²) in [5.74, 6) is 0. The molecule has 4 nitrogen and oxygen atoms in total. The molecule has 2 N–H and O–H groups in total. The molecular weight excluding hydrogens is 456 g/mol. The molecule has 2 atom stereocenters. The standard InChI is InChI=1S/C17H14BrF6N3O/c1-9(16(19,20)21)26-15(28)27-13(14-12(18)3-2-8-25-14)10-4-6-11(7-5-10)17(22,23)24/h2-9,13H,1H3,(H2,26,27,28)/t9-,13-/m0/s1. The van der Waals surface area contributed by atoms with Gasteiger partial charge >= 0.3 is 18.4 Å². The summed E-state index contributed by atoms with van der Waals surface area (Å²) in [7, 11) is 0. The maximum Gasteiger partial charge on any atom is 0.416 e. The average molecular weight is 470 g/mol. The zero-order chi connectivity index (χ0) is 21.1. The summed E-state index contributed by atoms with van der Waals surface area (Å²) in [6.07, 6.45) is -7.81. The molecule has 0 radical (unpaired) electrons. The van der Waals surface area contributed by atoms with Gasteiger partial charge in [0.05, 0.1) is 17.3 Å². The molecule has 152 valence electrons. The van der Waals surface area contributed by atoms with Gasteiger partial charge in [0.1, 0.15) is 6.04 Å². The van der Waals surface area contributed by atoms with Crippen LogP contribution >= 0.6 is 15.9 Å². The summed E-state index contributed by atoms with van der Waals surface area (Å²) < 4.78 is 76.7. The van der Waals surface area contributed by atoms with Crippen LogP contribution in [0.1, 0.15) is 29.8 Å². The second-order valence-corrected chi connectivity index (χ2v) is 6.66. The SMILES string of the molecule is C[C@H](NC(=O)N[C@@H](c1ccc(C(F)(F)F)cc1)c1ncccc1Br)C(F)(F)F. The minimum Gasteiger partial charge on any atom is -0.327 e. The number of halogens is 7. The number of carbonyl (C=O) groups is 1. The van der Waals surface area contributed by atoms with Gasteiger partial charge in [-0.1, -0.05) is 12.1 Å². The molecule has 28 heavy (non-hydrogen) atoms. The fourth-order valence-electron chi connectivity index (χ4n) is 2.24. The molecule has 0 bridgehead atoms. The van der Waals surface area contributed by atoms with Gasteiger partial charge in [0.2, 0.25) is 0 Å². The number of benzene rings is 1. The number of aromatic nitrogens is 1. The van der Waals surface area contributed by atoms with Crippen LogP contribution in [-0.4, -0.2) is 23.2 Å². The Morgan fingerprint density at radius 2 is 1.64 bits per heavy atom. The molecule has 2 amide bonds. The Hall–Kier alpha value is -2.30. The van der Waals surface area contributed by atoms with Crippen molar-refractivity contribution in [2.45, 2.75) is 31.4 Å². The number of pyridine rings is 1. The highest BCUT2D eigenvalue weighted by Crippen LogP contribution is 2.32. The van der Waals surface area contributed by atoms with Gasteiger partial charge < -0.3 is 10.6 Å². The second-order valence-electron chi connectivity index (χ2n) is 5.80. The molecule has 0 spiro atoms. The van der Waals surface area contributed by atoms with Crippen molar-refractivity contribution < 1.29 is 31.1 Å². The number of nitrogens with one attached hydrogen (secondary N) is 2. The summed E-state index contributed by atoms with van der Waals surface area (Å²) in [4.78, 5) is 16.1. The van der Waals surface area contributed by atoms with Crippen molar-refractivity contribution in [2.24, 2.45) is 0 Å². The fraction of sp³-hybridized carbons (Fsp3) is 0.294. The highest BCUT2D eigenvalue weighted by atomic mass is 79.9. The fourth-order valence-corrected chi connectivity index (χ4v) is 2.72. The molecule has 0 fully saturated rings. The summed E-state index contributed by atoms with van der Waals surface area (Å²) in [6, 6.07) is 2.69. The first kappa shape index (κ1) is 22.0. The molecule has 11 heteroatoms. The smallest absolute Gasteiger partial charge is 0.327 e. The summed E-state index contributed by atoms with van der Waals surface area (Å²) in [5.41, 5.74) is -0.468. The van der Waals surface area contributed by atoms with E-state index >= 15 is 0 Å². The van der Waals surface area contributed by atoms with Gasteiger partial charge in [0.25, 0.3) is 0 Å². The maximum atomic E-state index is 12.8. The number of amides is 2. The Morgan fingerprint density at radius 1 is 1.04 bits per heavy atom. The normalized spacial score (nSPS) is 14.3. The first-order chi connectivity index (χ1) is 12.9. The number of rotatable bonds is 4. The Morgan fingerprint density at radius 3 is 2.14 bits per heavy atom. The second kappa shape index (κ2) is 8.38. The summed E-state index contributed by atoms with van der Waals surface area (Å²) in [5, 5.41) is 4.07. The number of nitrogens with zero attached hydrogens (tertiary/aromatic N) is 1. The van der Waals surface area contributed by atoms with E-state index in [1.165, 1.54) is 6.20 Å². The van der Waals surface area contributed by atoms with Gasteiger partial charge in [0, 0.05) is 10.7 Å². The molecule has 0 saturated heterocycles. The largest absolute Gasteiger partial charge is 0.416 e.